The quantitative estimate of drug-likeness (QED) is 0.638. The Bertz CT molecular complexity index is 1020. The van der Waals surface area contributed by atoms with Gasteiger partial charge in [0.15, 0.2) is 0 Å². The van der Waals surface area contributed by atoms with Crippen LogP contribution in [0.1, 0.15) is 29.0 Å². The molecule has 2 aromatic carbocycles. The van der Waals surface area contributed by atoms with E-state index in [0.717, 1.165) is 27.3 Å². The predicted octanol–water partition coefficient (Wildman–Crippen LogP) is 4.74. The number of hydrogen-bond donors (Lipinski definition) is 2. The Hall–Kier alpha value is -2.69. The number of carbonyl (C=O) groups excluding carboxylic acids is 2. The molecule has 1 aliphatic heterocycles. The number of benzene rings is 2. The van der Waals surface area contributed by atoms with Crippen LogP contribution in [0.4, 0.5) is 5.69 Å². The maximum Gasteiger partial charge on any atom is 0.234 e. The molecular formula is C23H23N3O2S2. The minimum absolute atomic E-state index is 0.104. The number of anilines is 1. The van der Waals surface area contributed by atoms with Crippen molar-refractivity contribution in [2.75, 3.05) is 17.3 Å². The zero-order valence-corrected chi connectivity index (χ0v) is 18.7. The largest absolute Gasteiger partial charge is 0.325 e. The van der Waals surface area contributed by atoms with Crippen molar-refractivity contribution in [2.45, 2.75) is 31.1 Å². The van der Waals surface area contributed by atoms with Crippen LogP contribution in [0.2, 0.25) is 0 Å². The Labute approximate surface area is 185 Å². The number of rotatable bonds is 6. The summed E-state index contributed by atoms with van der Waals surface area (Å²) in [5.41, 5.74) is 4.21. The minimum atomic E-state index is -0.302. The molecule has 5 nitrogen and oxygen atoms in total. The summed E-state index contributed by atoms with van der Waals surface area (Å²) in [4.78, 5) is 25.9. The topological polar surface area (TPSA) is 82.0 Å². The second-order valence-electron chi connectivity index (χ2n) is 7.04. The van der Waals surface area contributed by atoms with E-state index in [-0.39, 0.29) is 29.9 Å². The molecule has 0 radical (unpaired) electrons. The first-order valence-electron chi connectivity index (χ1n) is 9.50. The molecule has 1 heterocycles. The van der Waals surface area contributed by atoms with Crippen LogP contribution in [0.5, 0.6) is 0 Å². The monoisotopic (exact) mass is 437 g/mol. The van der Waals surface area contributed by atoms with E-state index < -0.39 is 0 Å². The molecule has 0 fully saturated rings. The maximum absolute atomic E-state index is 12.5. The number of nitrogens with one attached hydrogen (secondary N) is 2. The first kappa shape index (κ1) is 22.0. The van der Waals surface area contributed by atoms with E-state index >= 15 is 0 Å². The van der Waals surface area contributed by atoms with Crippen molar-refractivity contribution in [3.63, 3.8) is 0 Å². The van der Waals surface area contributed by atoms with Gasteiger partial charge in [0.1, 0.15) is 0 Å². The maximum atomic E-state index is 12.5. The van der Waals surface area contributed by atoms with Gasteiger partial charge in [-0.1, -0.05) is 42.1 Å². The Kier molecular flexibility index (Phi) is 7.24. The second kappa shape index (κ2) is 9.88. The number of thioether (sulfide) groups is 2. The van der Waals surface area contributed by atoms with Gasteiger partial charge < -0.3 is 10.6 Å². The smallest absolute Gasteiger partial charge is 0.234 e. The van der Waals surface area contributed by atoms with Crippen molar-refractivity contribution in [3.05, 3.63) is 69.8 Å². The van der Waals surface area contributed by atoms with Gasteiger partial charge in [-0.3, -0.25) is 9.59 Å². The minimum Gasteiger partial charge on any atom is -0.325 e. The predicted molar refractivity (Wildman–Crippen MR) is 123 cm³/mol. The van der Waals surface area contributed by atoms with Gasteiger partial charge in [-0.2, -0.15) is 5.26 Å². The Morgan fingerprint density at radius 3 is 2.47 bits per heavy atom. The number of nitrogens with zero attached hydrogens (tertiary/aromatic N) is 1. The Morgan fingerprint density at radius 1 is 1.20 bits per heavy atom. The highest BCUT2D eigenvalue weighted by Crippen LogP contribution is 2.36. The molecule has 1 aliphatic rings. The van der Waals surface area contributed by atoms with Gasteiger partial charge in [-0.15, -0.1) is 11.8 Å². The number of amides is 2. The summed E-state index contributed by atoms with van der Waals surface area (Å²) in [5, 5.41) is 16.0. The summed E-state index contributed by atoms with van der Waals surface area (Å²) in [6, 6.07) is 16.0. The molecule has 0 aromatic heterocycles. The number of aryl methyl sites for hydroxylation is 2. The summed E-state index contributed by atoms with van der Waals surface area (Å²) in [5.74, 6) is -0.524. The van der Waals surface area contributed by atoms with Crippen molar-refractivity contribution < 1.29 is 9.59 Å². The van der Waals surface area contributed by atoms with Crippen molar-refractivity contribution in [1.82, 2.24) is 5.32 Å². The highest BCUT2D eigenvalue weighted by atomic mass is 32.2. The standard InChI is InChI=1S/C23H23N3O2S2/c1-14-5-4-6-15(2)22(14)25-21(28)13-30-23-19(12-24)18(11-20(27)26-23)16-7-9-17(29-3)10-8-16/h4-10,18H,11,13H2,1-3H3,(H,25,28)(H,26,27)/t18-/m0/s1. The first-order valence-corrected chi connectivity index (χ1v) is 11.7. The van der Waals surface area contributed by atoms with Crippen LogP contribution in [0, 0.1) is 25.2 Å². The van der Waals surface area contributed by atoms with Gasteiger partial charge >= 0.3 is 0 Å². The molecule has 30 heavy (non-hydrogen) atoms. The van der Waals surface area contributed by atoms with E-state index in [4.69, 9.17) is 0 Å². The number of nitriles is 1. The van der Waals surface area contributed by atoms with Crippen molar-refractivity contribution in [3.8, 4) is 6.07 Å². The number of para-hydroxylation sites is 1. The molecule has 0 spiro atoms. The number of hydrogen-bond acceptors (Lipinski definition) is 5. The Balaban J connectivity index is 1.77. The van der Waals surface area contributed by atoms with Gasteiger partial charge in [0.25, 0.3) is 0 Å². The van der Waals surface area contributed by atoms with Crippen LogP contribution in [0.25, 0.3) is 0 Å². The zero-order chi connectivity index (χ0) is 21.7. The van der Waals surface area contributed by atoms with E-state index in [0.29, 0.717) is 10.6 Å². The highest BCUT2D eigenvalue weighted by Gasteiger charge is 2.29. The molecule has 2 amide bonds. The van der Waals surface area contributed by atoms with Gasteiger partial charge in [0, 0.05) is 22.9 Å². The first-order chi connectivity index (χ1) is 14.4. The van der Waals surface area contributed by atoms with E-state index in [1.165, 1.54) is 11.8 Å². The zero-order valence-electron chi connectivity index (χ0n) is 17.1. The lowest BCUT2D eigenvalue weighted by Crippen LogP contribution is -2.31. The van der Waals surface area contributed by atoms with E-state index in [9.17, 15) is 14.9 Å². The second-order valence-corrected chi connectivity index (χ2v) is 8.90. The fourth-order valence-electron chi connectivity index (χ4n) is 3.38. The molecule has 0 aliphatic carbocycles. The summed E-state index contributed by atoms with van der Waals surface area (Å²) in [6.45, 7) is 3.89. The number of carbonyl (C=O) groups is 2. The molecule has 154 valence electrons. The SMILES string of the molecule is CSc1ccc([C@@H]2CC(=O)NC(SCC(=O)Nc3c(C)cccc3C)=C2C#N)cc1. The van der Waals surface area contributed by atoms with Crippen LogP contribution in [-0.2, 0) is 9.59 Å². The number of allylic oxidation sites excluding steroid dienone is 1. The fourth-order valence-corrected chi connectivity index (χ4v) is 4.66. The molecule has 1 atom stereocenters. The van der Waals surface area contributed by atoms with E-state index in [2.05, 4.69) is 16.7 Å². The molecule has 0 saturated carbocycles. The molecule has 2 N–H and O–H groups in total. The molecule has 3 rings (SSSR count). The highest BCUT2D eigenvalue weighted by molar-refractivity contribution is 8.03. The lowest BCUT2D eigenvalue weighted by atomic mass is 9.87. The summed E-state index contributed by atoms with van der Waals surface area (Å²) in [7, 11) is 0. The summed E-state index contributed by atoms with van der Waals surface area (Å²) >= 11 is 2.83. The van der Waals surface area contributed by atoms with E-state index in [1.807, 2.05) is 62.6 Å². The van der Waals surface area contributed by atoms with Crippen molar-refractivity contribution in [1.29, 1.82) is 5.26 Å². The summed E-state index contributed by atoms with van der Waals surface area (Å²) in [6.07, 6.45) is 2.22. The average molecular weight is 438 g/mol. The van der Waals surface area contributed by atoms with Crippen LogP contribution in [0.15, 0.2) is 58.0 Å². The van der Waals surface area contributed by atoms with Gasteiger partial charge in [0.2, 0.25) is 11.8 Å². The van der Waals surface area contributed by atoms with Crippen LogP contribution < -0.4 is 10.6 Å². The van der Waals surface area contributed by atoms with Gasteiger partial charge in [-0.25, -0.2) is 0 Å². The Morgan fingerprint density at radius 2 is 1.87 bits per heavy atom. The third-order valence-electron chi connectivity index (χ3n) is 4.97. The fraction of sp³-hybridized carbons (Fsp3) is 0.261. The van der Waals surface area contributed by atoms with Crippen molar-refractivity contribution in [2.24, 2.45) is 0 Å². The normalized spacial score (nSPS) is 16.1. The molecule has 0 unspecified atom stereocenters. The van der Waals surface area contributed by atoms with Crippen molar-refractivity contribution >= 4 is 41.0 Å². The molecular weight excluding hydrogens is 414 g/mol. The van der Waals surface area contributed by atoms with Crippen LogP contribution in [-0.4, -0.2) is 23.8 Å². The lowest BCUT2D eigenvalue weighted by Gasteiger charge is -2.25. The van der Waals surface area contributed by atoms with Gasteiger partial charge in [0.05, 0.1) is 22.4 Å². The van der Waals surface area contributed by atoms with Crippen LogP contribution in [0.3, 0.4) is 0 Å². The van der Waals surface area contributed by atoms with E-state index in [1.54, 1.807) is 11.8 Å². The molecule has 7 heteroatoms. The summed E-state index contributed by atoms with van der Waals surface area (Å²) < 4.78 is 0. The average Bonchev–Trinajstić information content (AvgIpc) is 2.74. The van der Waals surface area contributed by atoms with Gasteiger partial charge in [-0.05, 0) is 48.9 Å². The molecule has 0 bridgehead atoms. The third kappa shape index (κ3) is 5.07. The lowest BCUT2D eigenvalue weighted by molar-refractivity contribution is -0.121. The molecule has 2 aromatic rings. The molecule has 0 saturated heterocycles. The van der Waals surface area contributed by atoms with Crippen LogP contribution >= 0.6 is 23.5 Å². The third-order valence-corrected chi connectivity index (χ3v) is 6.73.